The quantitative estimate of drug-likeness (QED) is 0.274. The van der Waals surface area contributed by atoms with E-state index in [1.807, 2.05) is 50.2 Å². The van der Waals surface area contributed by atoms with E-state index in [4.69, 9.17) is 4.74 Å². The Labute approximate surface area is 189 Å². The van der Waals surface area contributed by atoms with Crippen molar-refractivity contribution in [2.75, 3.05) is 26.7 Å². The highest BCUT2D eigenvalue weighted by Gasteiger charge is 2.04. The van der Waals surface area contributed by atoms with Crippen molar-refractivity contribution in [2.45, 2.75) is 26.8 Å². The van der Waals surface area contributed by atoms with Crippen molar-refractivity contribution >= 4 is 35.8 Å². The molecule has 29 heavy (non-hydrogen) atoms. The second-order valence-corrected chi connectivity index (χ2v) is 6.09. The molecule has 0 aliphatic rings. The van der Waals surface area contributed by atoms with E-state index in [1.165, 1.54) is 0 Å². The molecule has 0 fully saturated rings. The minimum atomic E-state index is -0.0755. The summed E-state index contributed by atoms with van der Waals surface area (Å²) >= 11 is 0. The van der Waals surface area contributed by atoms with E-state index in [0.29, 0.717) is 31.1 Å². The topological polar surface area (TPSA) is 87.6 Å². The third-order valence-corrected chi connectivity index (χ3v) is 3.98. The number of benzene rings is 1. The summed E-state index contributed by atoms with van der Waals surface area (Å²) in [6.45, 7) is 6.57. The summed E-state index contributed by atoms with van der Waals surface area (Å²) in [6.07, 6.45) is 2.52. The highest BCUT2D eigenvalue weighted by molar-refractivity contribution is 14.0. The molecule has 0 saturated carbocycles. The monoisotopic (exact) mass is 511 g/mol. The van der Waals surface area contributed by atoms with Gasteiger partial charge >= 0.3 is 0 Å². The lowest BCUT2D eigenvalue weighted by molar-refractivity contribution is 0.0963. The molecule has 0 aliphatic carbocycles. The fourth-order valence-corrected chi connectivity index (χ4v) is 2.63. The molecule has 0 atom stereocenters. The molecule has 1 aromatic carbocycles. The summed E-state index contributed by atoms with van der Waals surface area (Å²) in [5.41, 5.74) is 2.80. The van der Waals surface area contributed by atoms with Crippen molar-refractivity contribution < 1.29 is 9.53 Å². The number of nitrogens with one attached hydrogen (secondary N) is 3. The van der Waals surface area contributed by atoms with Crippen LogP contribution in [-0.2, 0) is 13.0 Å². The number of carbonyl (C=O) groups is 1. The lowest BCUT2D eigenvalue weighted by Gasteiger charge is -2.12. The second kappa shape index (κ2) is 13.8. The molecular formula is C21H30IN5O2. The summed E-state index contributed by atoms with van der Waals surface area (Å²) in [7, 11) is 1.63. The highest BCUT2D eigenvalue weighted by atomic mass is 127. The van der Waals surface area contributed by atoms with Gasteiger partial charge in [-0.3, -0.25) is 4.79 Å². The molecular weight excluding hydrogens is 481 g/mol. The van der Waals surface area contributed by atoms with Crippen LogP contribution in [0.5, 0.6) is 5.88 Å². The van der Waals surface area contributed by atoms with Crippen molar-refractivity contribution in [1.82, 2.24) is 20.9 Å². The Morgan fingerprint density at radius 3 is 2.69 bits per heavy atom. The number of hydrogen-bond donors (Lipinski definition) is 3. The van der Waals surface area contributed by atoms with Crippen LogP contribution >= 0.6 is 24.0 Å². The van der Waals surface area contributed by atoms with E-state index < -0.39 is 0 Å². The van der Waals surface area contributed by atoms with Crippen LogP contribution in [0.3, 0.4) is 0 Å². The van der Waals surface area contributed by atoms with E-state index in [-0.39, 0.29) is 29.9 Å². The third kappa shape index (κ3) is 8.68. The Bertz CT molecular complexity index is 798. The first kappa shape index (κ1) is 24.7. The van der Waals surface area contributed by atoms with E-state index >= 15 is 0 Å². The molecule has 0 unspecified atom stereocenters. The smallest absolute Gasteiger partial charge is 0.251 e. The van der Waals surface area contributed by atoms with Gasteiger partial charge in [0.25, 0.3) is 5.91 Å². The van der Waals surface area contributed by atoms with Gasteiger partial charge in [0.05, 0.1) is 13.2 Å². The first-order valence-electron chi connectivity index (χ1n) is 9.57. The summed E-state index contributed by atoms with van der Waals surface area (Å²) in [4.78, 5) is 20.5. The molecule has 8 heteroatoms. The molecule has 0 aliphatic heterocycles. The van der Waals surface area contributed by atoms with Gasteiger partial charge < -0.3 is 20.7 Å². The lowest BCUT2D eigenvalue weighted by atomic mass is 10.1. The number of ether oxygens (including phenoxy) is 1. The Kier molecular flexibility index (Phi) is 11.7. The number of aromatic nitrogens is 1. The number of nitrogens with zero attached hydrogens (tertiary/aromatic N) is 2. The minimum absolute atomic E-state index is 0. The van der Waals surface area contributed by atoms with Crippen molar-refractivity contribution in [3.05, 3.63) is 59.3 Å². The number of hydrogen-bond acceptors (Lipinski definition) is 4. The van der Waals surface area contributed by atoms with Gasteiger partial charge in [0.2, 0.25) is 5.88 Å². The predicted molar refractivity (Wildman–Crippen MR) is 127 cm³/mol. The van der Waals surface area contributed by atoms with Crippen LogP contribution in [0.4, 0.5) is 0 Å². The molecule has 1 amide bonds. The molecule has 2 aromatic rings. The van der Waals surface area contributed by atoms with Crippen LogP contribution in [-0.4, -0.2) is 43.6 Å². The first-order valence-corrected chi connectivity index (χ1v) is 9.57. The fourth-order valence-electron chi connectivity index (χ4n) is 2.63. The van der Waals surface area contributed by atoms with E-state index in [9.17, 15) is 4.79 Å². The van der Waals surface area contributed by atoms with Gasteiger partial charge in [-0.2, -0.15) is 0 Å². The van der Waals surface area contributed by atoms with Crippen molar-refractivity contribution in [3.63, 3.8) is 0 Å². The summed E-state index contributed by atoms with van der Waals surface area (Å²) < 4.78 is 5.43. The van der Waals surface area contributed by atoms with Gasteiger partial charge in [0.1, 0.15) is 0 Å². The van der Waals surface area contributed by atoms with Crippen molar-refractivity contribution in [1.29, 1.82) is 0 Å². The van der Waals surface area contributed by atoms with Gasteiger partial charge in [-0.25, -0.2) is 9.98 Å². The molecule has 1 heterocycles. The van der Waals surface area contributed by atoms with Crippen LogP contribution < -0.4 is 20.7 Å². The first-order chi connectivity index (χ1) is 13.7. The summed E-state index contributed by atoms with van der Waals surface area (Å²) in [5.74, 6) is 1.29. The maximum absolute atomic E-state index is 11.7. The molecule has 1 aromatic heterocycles. The van der Waals surface area contributed by atoms with E-state index in [2.05, 4.69) is 25.9 Å². The van der Waals surface area contributed by atoms with Crippen LogP contribution in [0, 0.1) is 0 Å². The number of carbonyl (C=O) groups excluding carboxylic acids is 1. The average molecular weight is 511 g/mol. The van der Waals surface area contributed by atoms with Gasteiger partial charge in [0.15, 0.2) is 5.96 Å². The summed E-state index contributed by atoms with van der Waals surface area (Å²) in [5, 5.41) is 9.23. The molecule has 3 N–H and O–H groups in total. The number of pyridine rings is 1. The molecule has 7 nitrogen and oxygen atoms in total. The molecule has 0 saturated heterocycles. The minimum Gasteiger partial charge on any atom is -0.478 e. The Morgan fingerprint density at radius 2 is 1.97 bits per heavy atom. The van der Waals surface area contributed by atoms with E-state index in [0.717, 1.165) is 30.1 Å². The van der Waals surface area contributed by atoms with Gasteiger partial charge in [0, 0.05) is 38.0 Å². The second-order valence-electron chi connectivity index (χ2n) is 6.09. The Balaban J connectivity index is 0.00000420. The van der Waals surface area contributed by atoms with Crippen molar-refractivity contribution in [3.8, 4) is 5.88 Å². The van der Waals surface area contributed by atoms with E-state index in [1.54, 1.807) is 13.2 Å². The maximum Gasteiger partial charge on any atom is 0.251 e. The SMILES string of the molecule is CCNC(=NCc1ccnc(OCC)c1)NCCc1cccc(C(=O)NC)c1.I. The van der Waals surface area contributed by atoms with Crippen molar-refractivity contribution in [2.24, 2.45) is 4.99 Å². The molecule has 0 spiro atoms. The molecule has 0 radical (unpaired) electrons. The molecule has 0 bridgehead atoms. The average Bonchev–Trinajstić information content (AvgIpc) is 2.72. The molecule has 158 valence electrons. The third-order valence-electron chi connectivity index (χ3n) is 3.98. The Hall–Kier alpha value is -2.36. The summed E-state index contributed by atoms with van der Waals surface area (Å²) in [6, 6.07) is 11.5. The largest absolute Gasteiger partial charge is 0.478 e. The standard InChI is InChI=1S/C21H29N5O2.HI/c1-4-23-21(26-15-17-10-11-24-19(14-17)28-5-2)25-12-9-16-7-6-8-18(13-16)20(27)22-3;/h6-8,10-11,13-14H,4-5,9,12,15H2,1-3H3,(H,22,27)(H2,23,25,26);1H. The van der Waals surface area contributed by atoms with Gasteiger partial charge in [-0.1, -0.05) is 12.1 Å². The number of aliphatic imine (C=N–C) groups is 1. The number of rotatable bonds is 9. The van der Waals surface area contributed by atoms with Crippen LogP contribution in [0.15, 0.2) is 47.6 Å². The highest BCUT2D eigenvalue weighted by Crippen LogP contribution is 2.10. The zero-order valence-corrected chi connectivity index (χ0v) is 19.5. The normalized spacial score (nSPS) is 10.7. The fraction of sp³-hybridized carbons (Fsp3) is 0.381. The van der Waals surface area contributed by atoms with Crippen LogP contribution in [0.25, 0.3) is 0 Å². The van der Waals surface area contributed by atoms with Gasteiger partial charge in [-0.05, 0) is 49.6 Å². The number of amides is 1. The lowest BCUT2D eigenvalue weighted by Crippen LogP contribution is -2.38. The van der Waals surface area contributed by atoms with Crippen LogP contribution in [0.1, 0.15) is 35.3 Å². The Morgan fingerprint density at radius 1 is 1.14 bits per heavy atom. The van der Waals surface area contributed by atoms with Crippen LogP contribution in [0.2, 0.25) is 0 Å². The number of guanidine groups is 1. The predicted octanol–water partition coefficient (Wildman–Crippen LogP) is 2.76. The maximum atomic E-state index is 11.7. The molecule has 2 rings (SSSR count). The zero-order chi connectivity index (χ0) is 20.2. The number of halogens is 1. The van der Waals surface area contributed by atoms with Gasteiger partial charge in [-0.15, -0.1) is 24.0 Å². The zero-order valence-electron chi connectivity index (χ0n) is 17.2.